The first kappa shape index (κ1) is 23.9. The van der Waals surface area contributed by atoms with Crippen LogP contribution in [0.3, 0.4) is 0 Å². The highest BCUT2D eigenvalue weighted by atomic mass is 33.1. The van der Waals surface area contributed by atoms with Crippen molar-refractivity contribution in [3.63, 3.8) is 0 Å². The highest BCUT2D eigenvalue weighted by Crippen LogP contribution is 2.32. The van der Waals surface area contributed by atoms with Crippen molar-refractivity contribution in [1.29, 1.82) is 0 Å². The number of hydrogen-bond acceptors (Lipinski definition) is 10. The molecule has 2 N–H and O–H groups in total. The number of carboxylic acid groups (broad SMARTS) is 2. The summed E-state index contributed by atoms with van der Waals surface area (Å²) in [5, 5.41) is 18.1. The summed E-state index contributed by atoms with van der Waals surface area (Å²) in [5.74, 6) is -0.325. The Morgan fingerprint density at radius 2 is 1.21 bits per heavy atom. The molecule has 0 aromatic heterocycles. The normalized spacial score (nSPS) is 25.5. The van der Waals surface area contributed by atoms with E-state index in [4.69, 9.17) is 0 Å². The Morgan fingerprint density at radius 3 is 1.54 bits per heavy atom. The highest BCUT2D eigenvalue weighted by Gasteiger charge is 2.34. The van der Waals surface area contributed by atoms with Crippen molar-refractivity contribution in [2.24, 2.45) is 11.8 Å². The second-order valence-corrected chi connectivity index (χ2v) is 11.0. The van der Waals surface area contributed by atoms with Gasteiger partial charge in [0.1, 0.15) is 12.1 Å². The summed E-state index contributed by atoms with van der Waals surface area (Å²) in [7, 11) is 1.77. The Morgan fingerprint density at radius 1 is 0.857 bits per heavy atom. The zero-order valence-corrected chi connectivity index (χ0v) is 18.9. The summed E-state index contributed by atoms with van der Waals surface area (Å²) in [4.78, 5) is 50.7. The first-order valence-electron chi connectivity index (χ1n) is 8.72. The number of thioether (sulfide) groups is 2. The number of carbonyl (C=O) groups is 4. The number of hydrogen-bond donors (Lipinski definition) is 2. The van der Waals surface area contributed by atoms with Crippen LogP contribution in [0.5, 0.6) is 0 Å². The molecule has 0 bridgehead atoms. The molecule has 2 rings (SSSR count). The lowest BCUT2D eigenvalue weighted by Crippen LogP contribution is -2.41. The quantitative estimate of drug-likeness (QED) is 0.504. The van der Waals surface area contributed by atoms with Gasteiger partial charge in [-0.2, -0.15) is 0 Å². The molecule has 2 heterocycles. The third-order valence-corrected chi connectivity index (χ3v) is 9.13. The first-order chi connectivity index (χ1) is 13.2. The van der Waals surface area contributed by atoms with E-state index in [9.17, 15) is 29.4 Å². The van der Waals surface area contributed by atoms with Gasteiger partial charge >= 0.3 is 11.9 Å². The van der Waals surface area contributed by atoms with Gasteiger partial charge in [-0.05, 0) is 21.6 Å². The third-order valence-electron chi connectivity index (χ3n) is 4.54. The van der Waals surface area contributed by atoms with Crippen LogP contribution >= 0.6 is 45.1 Å². The smallest absolute Gasteiger partial charge is 0.321 e. The SMILES string of the molecule is C[C@@H](CN1CSCC1C(=O)O)C(=O)SSC(=O)[C@@H](C)CN1CSCC1C(=O)O. The molecular formula is C16H24N2O6S4. The molecule has 0 aliphatic carbocycles. The molecule has 4 atom stereocenters. The van der Waals surface area contributed by atoms with Gasteiger partial charge in [0, 0.05) is 48.2 Å². The molecular weight excluding hydrogens is 444 g/mol. The maximum atomic E-state index is 12.3. The number of rotatable bonds is 8. The first-order valence-corrected chi connectivity index (χ1v) is 13.2. The van der Waals surface area contributed by atoms with E-state index in [1.165, 1.54) is 23.5 Å². The topological polar surface area (TPSA) is 115 Å². The number of aliphatic carboxylic acids is 2. The zero-order chi connectivity index (χ0) is 20.8. The van der Waals surface area contributed by atoms with Gasteiger partial charge in [-0.25, -0.2) is 0 Å². The minimum Gasteiger partial charge on any atom is -0.480 e. The van der Waals surface area contributed by atoms with Crippen LogP contribution in [-0.4, -0.2) is 90.6 Å². The van der Waals surface area contributed by atoms with E-state index in [2.05, 4.69) is 0 Å². The van der Waals surface area contributed by atoms with Gasteiger partial charge in [0.25, 0.3) is 0 Å². The fourth-order valence-corrected chi connectivity index (χ4v) is 7.39. The molecule has 0 radical (unpaired) electrons. The van der Waals surface area contributed by atoms with Gasteiger partial charge < -0.3 is 10.2 Å². The van der Waals surface area contributed by atoms with Gasteiger partial charge in [-0.15, -0.1) is 23.5 Å². The number of carboxylic acids is 2. The Labute approximate surface area is 180 Å². The molecule has 2 saturated heterocycles. The highest BCUT2D eigenvalue weighted by molar-refractivity contribution is 8.87. The second-order valence-electron chi connectivity index (χ2n) is 6.86. The molecule has 8 nitrogen and oxygen atoms in total. The van der Waals surface area contributed by atoms with Crippen molar-refractivity contribution in [2.45, 2.75) is 25.9 Å². The molecule has 0 aromatic carbocycles. The lowest BCUT2D eigenvalue weighted by Gasteiger charge is -2.23. The van der Waals surface area contributed by atoms with Gasteiger partial charge in [-0.3, -0.25) is 29.0 Å². The molecule has 2 aliphatic heterocycles. The van der Waals surface area contributed by atoms with Crippen molar-refractivity contribution in [1.82, 2.24) is 9.80 Å². The largest absolute Gasteiger partial charge is 0.480 e. The maximum absolute atomic E-state index is 12.3. The molecule has 12 heteroatoms. The Kier molecular flexibility index (Phi) is 9.48. The van der Waals surface area contributed by atoms with Crippen LogP contribution in [0.25, 0.3) is 0 Å². The molecule has 0 saturated carbocycles. The van der Waals surface area contributed by atoms with Crippen molar-refractivity contribution in [3.05, 3.63) is 0 Å². The lowest BCUT2D eigenvalue weighted by atomic mass is 10.1. The van der Waals surface area contributed by atoms with Crippen molar-refractivity contribution in [2.75, 3.05) is 36.3 Å². The minimum atomic E-state index is -0.879. The molecule has 158 valence electrons. The van der Waals surface area contributed by atoms with Gasteiger partial charge in [-0.1, -0.05) is 13.8 Å². The van der Waals surface area contributed by atoms with Crippen LogP contribution in [0, 0.1) is 11.8 Å². The molecule has 28 heavy (non-hydrogen) atoms. The van der Waals surface area contributed by atoms with E-state index in [0.29, 0.717) is 36.3 Å². The number of carbonyl (C=O) groups excluding carboxylic acids is 2. The van der Waals surface area contributed by atoms with Crippen molar-refractivity contribution >= 4 is 67.3 Å². The summed E-state index contributed by atoms with van der Waals surface area (Å²) < 4.78 is 0. The monoisotopic (exact) mass is 468 g/mol. The standard InChI is InChI=1S/C16H24N2O6S4/c1-9(3-17-7-25-5-11(17)13(19)20)15(23)27-28-16(24)10(2)4-18-8-26-6-12(18)14(21)22/h9-12H,3-8H2,1-2H3,(H,19,20)(H,21,22)/t9-,10-,11?,12?/m0/s1. The van der Waals surface area contributed by atoms with Crippen LogP contribution in [0.2, 0.25) is 0 Å². The molecule has 0 aromatic rings. The Hall–Kier alpha value is -0.400. The average molecular weight is 469 g/mol. The Bertz CT molecular complexity index is 570. The van der Waals surface area contributed by atoms with Crippen LogP contribution in [0.1, 0.15) is 13.8 Å². The summed E-state index contributed by atoms with van der Waals surface area (Å²) in [6, 6.07) is -1.14. The maximum Gasteiger partial charge on any atom is 0.321 e. The van der Waals surface area contributed by atoms with E-state index in [-0.39, 0.29) is 22.1 Å². The Balaban J connectivity index is 1.75. The van der Waals surface area contributed by atoms with E-state index in [0.717, 1.165) is 21.6 Å². The molecule has 2 unspecified atom stereocenters. The predicted octanol–water partition coefficient (Wildman–Crippen LogP) is 1.61. The lowest BCUT2D eigenvalue weighted by molar-refractivity contribution is -0.143. The fraction of sp³-hybridized carbons (Fsp3) is 0.750. The van der Waals surface area contributed by atoms with Crippen LogP contribution < -0.4 is 0 Å². The van der Waals surface area contributed by atoms with Crippen LogP contribution in [0.4, 0.5) is 0 Å². The average Bonchev–Trinajstić information content (AvgIpc) is 3.28. The summed E-state index contributed by atoms with van der Waals surface area (Å²) in [6.45, 7) is 4.19. The third kappa shape index (κ3) is 6.56. The van der Waals surface area contributed by atoms with Gasteiger partial charge in [0.05, 0.1) is 0 Å². The van der Waals surface area contributed by atoms with Crippen LogP contribution in [0.15, 0.2) is 0 Å². The minimum absolute atomic E-state index is 0.160. The zero-order valence-electron chi connectivity index (χ0n) is 15.6. The molecule has 2 fully saturated rings. The van der Waals surface area contributed by atoms with Crippen LogP contribution in [-0.2, 0) is 19.2 Å². The summed E-state index contributed by atoms with van der Waals surface area (Å²) in [6.07, 6.45) is 0. The van der Waals surface area contributed by atoms with E-state index < -0.39 is 24.0 Å². The van der Waals surface area contributed by atoms with Crippen molar-refractivity contribution < 1.29 is 29.4 Å². The fourth-order valence-electron chi connectivity index (χ4n) is 2.87. The van der Waals surface area contributed by atoms with Crippen molar-refractivity contribution in [3.8, 4) is 0 Å². The van der Waals surface area contributed by atoms with Gasteiger partial charge in [0.15, 0.2) is 0 Å². The van der Waals surface area contributed by atoms with E-state index in [1.807, 2.05) is 0 Å². The molecule has 0 spiro atoms. The molecule has 2 aliphatic rings. The summed E-state index contributed by atoms with van der Waals surface area (Å²) in [5.41, 5.74) is 0. The second kappa shape index (κ2) is 11.1. The number of nitrogens with zero attached hydrogens (tertiary/aromatic N) is 2. The predicted molar refractivity (Wildman–Crippen MR) is 114 cm³/mol. The van der Waals surface area contributed by atoms with E-state index in [1.54, 1.807) is 23.6 Å². The molecule has 0 amide bonds. The summed E-state index contributed by atoms with van der Waals surface area (Å²) >= 11 is 3.06. The van der Waals surface area contributed by atoms with Gasteiger partial charge in [0.2, 0.25) is 10.2 Å². The van der Waals surface area contributed by atoms with E-state index >= 15 is 0 Å².